The number of carbonyl (C=O) groups is 2. The highest BCUT2D eigenvalue weighted by atomic mass is 16.5. The predicted molar refractivity (Wildman–Crippen MR) is 110 cm³/mol. The first-order valence-corrected chi connectivity index (χ1v) is 9.20. The molecule has 1 heterocycles. The molecule has 8 nitrogen and oxygen atoms in total. The number of hydrogen-bond acceptors (Lipinski definition) is 4. The summed E-state index contributed by atoms with van der Waals surface area (Å²) in [4.78, 5) is 23.6. The van der Waals surface area contributed by atoms with Gasteiger partial charge >= 0.3 is 6.03 Å². The zero-order valence-corrected chi connectivity index (χ0v) is 16.0. The standard InChI is InChI=1S/C21H23N5O3/c1-15(14-26-12-4-11-24-26)13-23-21(28)25-16-7-9-17(10-8-16)29-19-6-3-2-5-18(19)20(22)27/h2-12,15H,13-14H2,1H3,(H2,22,27)(H2,23,25,28)/t15-/m1/s1. The van der Waals surface area contributed by atoms with E-state index in [9.17, 15) is 9.59 Å². The van der Waals surface area contributed by atoms with Crippen LogP contribution in [0.15, 0.2) is 67.0 Å². The second kappa shape index (κ2) is 9.41. The lowest BCUT2D eigenvalue weighted by Crippen LogP contribution is -2.33. The second-order valence-electron chi connectivity index (χ2n) is 6.66. The van der Waals surface area contributed by atoms with Crippen molar-refractivity contribution in [2.45, 2.75) is 13.5 Å². The topological polar surface area (TPSA) is 111 Å². The van der Waals surface area contributed by atoms with Gasteiger partial charge in [-0.05, 0) is 48.4 Å². The van der Waals surface area contributed by atoms with E-state index in [-0.39, 0.29) is 11.9 Å². The molecule has 1 aromatic heterocycles. The third-order valence-corrected chi connectivity index (χ3v) is 4.16. The molecule has 0 aliphatic rings. The van der Waals surface area contributed by atoms with Gasteiger partial charge in [-0.3, -0.25) is 9.48 Å². The first kappa shape index (κ1) is 19.9. The Hall–Kier alpha value is -3.81. The predicted octanol–water partition coefficient (Wildman–Crippen LogP) is 3.23. The molecule has 2 aromatic carbocycles. The molecule has 29 heavy (non-hydrogen) atoms. The zero-order chi connectivity index (χ0) is 20.6. The van der Waals surface area contributed by atoms with Crippen molar-refractivity contribution >= 4 is 17.6 Å². The summed E-state index contributed by atoms with van der Waals surface area (Å²) < 4.78 is 7.55. The highest BCUT2D eigenvalue weighted by molar-refractivity contribution is 5.95. The van der Waals surface area contributed by atoms with Crippen LogP contribution in [0, 0.1) is 5.92 Å². The number of benzene rings is 2. The summed E-state index contributed by atoms with van der Waals surface area (Å²) in [5.41, 5.74) is 6.28. The van der Waals surface area contributed by atoms with Crippen LogP contribution in [0.4, 0.5) is 10.5 Å². The van der Waals surface area contributed by atoms with E-state index in [4.69, 9.17) is 10.5 Å². The van der Waals surface area contributed by atoms with Crippen LogP contribution in [0.25, 0.3) is 0 Å². The van der Waals surface area contributed by atoms with E-state index in [1.165, 1.54) is 0 Å². The number of nitrogens with one attached hydrogen (secondary N) is 2. The number of aromatic nitrogens is 2. The normalized spacial score (nSPS) is 11.5. The average molecular weight is 393 g/mol. The molecule has 0 spiro atoms. The van der Waals surface area contributed by atoms with Crippen LogP contribution < -0.4 is 21.1 Å². The average Bonchev–Trinajstić information content (AvgIpc) is 3.21. The lowest BCUT2D eigenvalue weighted by molar-refractivity contribution is 0.0998. The van der Waals surface area contributed by atoms with Gasteiger partial charge in [-0.2, -0.15) is 5.10 Å². The molecule has 3 rings (SSSR count). The maximum atomic E-state index is 12.1. The van der Waals surface area contributed by atoms with E-state index in [0.29, 0.717) is 29.3 Å². The number of para-hydroxylation sites is 1. The number of hydrogen-bond donors (Lipinski definition) is 3. The minimum absolute atomic E-state index is 0.238. The van der Waals surface area contributed by atoms with Crippen molar-refractivity contribution in [3.05, 3.63) is 72.6 Å². The molecule has 0 aliphatic heterocycles. The van der Waals surface area contributed by atoms with Crippen LogP contribution in [0.1, 0.15) is 17.3 Å². The van der Waals surface area contributed by atoms with Crippen molar-refractivity contribution in [1.29, 1.82) is 0 Å². The van der Waals surface area contributed by atoms with Crippen LogP contribution in [0.2, 0.25) is 0 Å². The molecule has 3 amide bonds. The molecular formula is C21H23N5O3. The van der Waals surface area contributed by atoms with Gasteiger partial charge in [0.1, 0.15) is 11.5 Å². The Morgan fingerprint density at radius 3 is 2.59 bits per heavy atom. The van der Waals surface area contributed by atoms with Crippen molar-refractivity contribution < 1.29 is 14.3 Å². The van der Waals surface area contributed by atoms with E-state index in [1.54, 1.807) is 54.7 Å². The SMILES string of the molecule is C[C@H](CNC(=O)Nc1ccc(Oc2ccccc2C(N)=O)cc1)Cn1cccn1. The molecule has 0 bridgehead atoms. The van der Waals surface area contributed by atoms with Gasteiger partial charge in [-0.15, -0.1) is 0 Å². The number of nitrogens with two attached hydrogens (primary N) is 1. The Morgan fingerprint density at radius 2 is 1.90 bits per heavy atom. The largest absolute Gasteiger partial charge is 0.457 e. The van der Waals surface area contributed by atoms with Gasteiger partial charge in [-0.25, -0.2) is 4.79 Å². The van der Waals surface area contributed by atoms with Crippen LogP contribution in [0.5, 0.6) is 11.5 Å². The van der Waals surface area contributed by atoms with Crippen molar-refractivity contribution in [1.82, 2.24) is 15.1 Å². The van der Waals surface area contributed by atoms with Crippen molar-refractivity contribution in [3.8, 4) is 11.5 Å². The van der Waals surface area contributed by atoms with E-state index < -0.39 is 5.91 Å². The number of primary amides is 1. The summed E-state index contributed by atoms with van der Waals surface area (Å²) in [6.45, 7) is 3.29. The molecule has 0 unspecified atom stereocenters. The van der Waals surface area contributed by atoms with Gasteiger partial charge in [0.25, 0.3) is 5.91 Å². The van der Waals surface area contributed by atoms with Gasteiger partial charge in [0.15, 0.2) is 0 Å². The van der Waals surface area contributed by atoms with Crippen LogP contribution in [-0.4, -0.2) is 28.3 Å². The molecule has 0 aliphatic carbocycles. The fourth-order valence-electron chi connectivity index (χ4n) is 2.73. The fraction of sp³-hybridized carbons (Fsp3) is 0.190. The summed E-state index contributed by atoms with van der Waals surface area (Å²) in [6, 6.07) is 15.2. The first-order chi connectivity index (χ1) is 14.0. The summed E-state index contributed by atoms with van der Waals surface area (Å²) in [6.07, 6.45) is 3.62. The third-order valence-electron chi connectivity index (χ3n) is 4.16. The van der Waals surface area contributed by atoms with Crippen LogP contribution in [0.3, 0.4) is 0 Å². The molecule has 1 atom stereocenters. The van der Waals surface area contributed by atoms with Gasteiger partial charge in [0, 0.05) is 31.2 Å². The van der Waals surface area contributed by atoms with E-state index >= 15 is 0 Å². The van der Waals surface area contributed by atoms with E-state index in [2.05, 4.69) is 15.7 Å². The number of anilines is 1. The monoisotopic (exact) mass is 393 g/mol. The highest BCUT2D eigenvalue weighted by Gasteiger charge is 2.10. The Labute approximate surface area is 168 Å². The minimum atomic E-state index is -0.558. The summed E-state index contributed by atoms with van der Waals surface area (Å²) in [7, 11) is 0. The molecule has 0 radical (unpaired) electrons. The zero-order valence-electron chi connectivity index (χ0n) is 16.0. The quantitative estimate of drug-likeness (QED) is 0.545. The number of rotatable bonds is 8. The molecule has 4 N–H and O–H groups in total. The maximum absolute atomic E-state index is 12.1. The van der Waals surface area contributed by atoms with Gasteiger partial charge in [-0.1, -0.05) is 19.1 Å². The molecule has 3 aromatic rings. The molecule has 0 fully saturated rings. The molecule has 0 saturated carbocycles. The van der Waals surface area contributed by atoms with Crippen LogP contribution in [-0.2, 0) is 6.54 Å². The molecule has 8 heteroatoms. The third kappa shape index (κ3) is 5.83. The lowest BCUT2D eigenvalue weighted by Gasteiger charge is -2.14. The molecule has 150 valence electrons. The Bertz CT molecular complexity index is 955. The van der Waals surface area contributed by atoms with Gasteiger partial charge in [0.2, 0.25) is 0 Å². The number of nitrogens with zero attached hydrogens (tertiary/aromatic N) is 2. The molecular weight excluding hydrogens is 370 g/mol. The second-order valence-corrected chi connectivity index (χ2v) is 6.66. The number of amides is 3. The Kier molecular flexibility index (Phi) is 6.47. The molecule has 0 saturated heterocycles. The van der Waals surface area contributed by atoms with Crippen LogP contribution >= 0.6 is 0 Å². The maximum Gasteiger partial charge on any atom is 0.319 e. The lowest BCUT2D eigenvalue weighted by atomic mass is 10.2. The van der Waals surface area contributed by atoms with Gasteiger partial charge < -0.3 is 21.1 Å². The highest BCUT2D eigenvalue weighted by Crippen LogP contribution is 2.26. The Morgan fingerprint density at radius 1 is 1.14 bits per heavy atom. The summed E-state index contributed by atoms with van der Waals surface area (Å²) in [5.74, 6) is 0.584. The van der Waals surface area contributed by atoms with Gasteiger partial charge in [0.05, 0.1) is 5.56 Å². The minimum Gasteiger partial charge on any atom is -0.457 e. The van der Waals surface area contributed by atoms with E-state index in [1.807, 2.05) is 23.9 Å². The van der Waals surface area contributed by atoms with Crippen molar-refractivity contribution in [2.75, 3.05) is 11.9 Å². The van der Waals surface area contributed by atoms with E-state index in [0.717, 1.165) is 6.54 Å². The smallest absolute Gasteiger partial charge is 0.319 e. The summed E-state index contributed by atoms with van der Waals surface area (Å²) >= 11 is 0. The number of urea groups is 1. The fourth-order valence-corrected chi connectivity index (χ4v) is 2.73. The number of ether oxygens (including phenoxy) is 1. The Balaban J connectivity index is 1.50. The summed E-state index contributed by atoms with van der Waals surface area (Å²) in [5, 5.41) is 9.77. The van der Waals surface area contributed by atoms with Crippen molar-refractivity contribution in [2.24, 2.45) is 11.7 Å². The first-order valence-electron chi connectivity index (χ1n) is 9.20. The van der Waals surface area contributed by atoms with Crippen molar-refractivity contribution in [3.63, 3.8) is 0 Å². The number of carbonyl (C=O) groups excluding carboxylic acids is 2.